The zero-order valence-corrected chi connectivity index (χ0v) is 16.0. The summed E-state index contributed by atoms with van der Waals surface area (Å²) in [5.41, 5.74) is 0.973. The van der Waals surface area contributed by atoms with Crippen molar-refractivity contribution in [3.63, 3.8) is 0 Å². The molecule has 0 fully saturated rings. The number of nitro benzene ring substituents is 1. The molecule has 0 aliphatic heterocycles. The number of hydrogen-bond acceptors (Lipinski definition) is 5. The molecule has 0 spiro atoms. The van der Waals surface area contributed by atoms with E-state index in [1.54, 1.807) is 24.4 Å². The lowest BCUT2D eigenvalue weighted by Gasteiger charge is -2.13. The van der Waals surface area contributed by atoms with Crippen LogP contribution >= 0.6 is 11.8 Å². The molecule has 2 aromatic rings. The lowest BCUT2D eigenvalue weighted by atomic mass is 10.1. The van der Waals surface area contributed by atoms with Crippen molar-refractivity contribution in [1.29, 1.82) is 0 Å². The van der Waals surface area contributed by atoms with Gasteiger partial charge in [0.05, 0.1) is 21.6 Å². The molecule has 1 heterocycles. The summed E-state index contributed by atoms with van der Waals surface area (Å²) in [5, 5.41) is 14.2. The summed E-state index contributed by atoms with van der Waals surface area (Å²) >= 11 is 1.45. The third-order valence-electron chi connectivity index (χ3n) is 3.85. The Kier molecular flexibility index (Phi) is 7.15. The van der Waals surface area contributed by atoms with E-state index in [-0.39, 0.29) is 23.2 Å². The zero-order chi connectivity index (χ0) is 19.1. The Balaban J connectivity index is 2.12. The minimum atomic E-state index is -0.434. The van der Waals surface area contributed by atoms with Crippen molar-refractivity contribution in [2.45, 2.75) is 38.1 Å². The van der Waals surface area contributed by atoms with Gasteiger partial charge in [-0.1, -0.05) is 19.9 Å². The largest absolute Gasteiger partial charge is 0.344 e. The first-order valence-corrected chi connectivity index (χ1v) is 9.50. The van der Waals surface area contributed by atoms with Crippen LogP contribution in [-0.4, -0.2) is 21.6 Å². The van der Waals surface area contributed by atoms with E-state index in [1.165, 1.54) is 17.8 Å². The maximum Gasteiger partial charge on any atom is 0.283 e. The van der Waals surface area contributed by atoms with E-state index in [4.69, 9.17) is 0 Å². The Morgan fingerprint density at radius 1 is 1.27 bits per heavy atom. The second-order valence-corrected chi connectivity index (χ2v) is 7.56. The maximum atomic E-state index is 12.4. The lowest BCUT2D eigenvalue weighted by molar-refractivity contribution is -0.387. The molecule has 1 amide bonds. The van der Waals surface area contributed by atoms with Crippen LogP contribution in [0.25, 0.3) is 0 Å². The van der Waals surface area contributed by atoms with Gasteiger partial charge < -0.3 is 5.32 Å². The number of carbonyl (C=O) groups is 1. The monoisotopic (exact) mass is 373 g/mol. The van der Waals surface area contributed by atoms with Crippen LogP contribution in [0, 0.1) is 16.0 Å². The molecule has 1 atom stereocenters. The molecule has 7 heteroatoms. The van der Waals surface area contributed by atoms with Gasteiger partial charge in [0, 0.05) is 17.8 Å². The number of nitro groups is 1. The molecular formula is C19H23N3O3S. The van der Waals surface area contributed by atoms with Crippen LogP contribution in [0.1, 0.15) is 49.3 Å². The maximum absolute atomic E-state index is 12.4. The van der Waals surface area contributed by atoms with Gasteiger partial charge in [0.1, 0.15) is 0 Å². The Morgan fingerprint density at radius 2 is 2.04 bits per heavy atom. The van der Waals surface area contributed by atoms with E-state index in [0.29, 0.717) is 10.8 Å². The van der Waals surface area contributed by atoms with E-state index in [1.807, 2.05) is 19.1 Å². The summed E-state index contributed by atoms with van der Waals surface area (Å²) in [6.07, 6.45) is 2.64. The highest BCUT2D eigenvalue weighted by Crippen LogP contribution is 2.31. The van der Waals surface area contributed by atoms with E-state index in [0.717, 1.165) is 17.9 Å². The zero-order valence-electron chi connectivity index (χ0n) is 15.1. The second kappa shape index (κ2) is 9.33. The number of thioether (sulfide) groups is 1. The number of aromatic nitrogens is 1. The molecule has 6 nitrogen and oxygen atoms in total. The van der Waals surface area contributed by atoms with Gasteiger partial charge in [0.15, 0.2) is 0 Å². The molecule has 0 radical (unpaired) electrons. The summed E-state index contributed by atoms with van der Waals surface area (Å²) in [5.74, 6) is 0.991. The number of benzene rings is 1. The number of nitrogens with zero attached hydrogens (tertiary/aromatic N) is 2. The van der Waals surface area contributed by atoms with Crippen molar-refractivity contribution >= 4 is 23.4 Å². The van der Waals surface area contributed by atoms with Crippen LogP contribution in [0.2, 0.25) is 0 Å². The quantitative estimate of drug-likeness (QED) is 0.414. The summed E-state index contributed by atoms with van der Waals surface area (Å²) in [7, 11) is 0. The molecule has 138 valence electrons. The molecule has 1 unspecified atom stereocenters. The highest BCUT2D eigenvalue weighted by molar-refractivity contribution is 7.99. The van der Waals surface area contributed by atoms with E-state index >= 15 is 0 Å². The van der Waals surface area contributed by atoms with Gasteiger partial charge in [-0.3, -0.25) is 19.9 Å². The van der Waals surface area contributed by atoms with Gasteiger partial charge in [-0.25, -0.2) is 0 Å². The number of rotatable bonds is 8. The summed E-state index contributed by atoms with van der Waals surface area (Å²) in [6, 6.07) is 9.81. The lowest BCUT2D eigenvalue weighted by Crippen LogP contribution is -2.27. The minimum Gasteiger partial charge on any atom is -0.344 e. The predicted octanol–water partition coefficient (Wildman–Crippen LogP) is 4.62. The number of amides is 1. The molecule has 26 heavy (non-hydrogen) atoms. The Bertz CT molecular complexity index is 766. The van der Waals surface area contributed by atoms with Crippen molar-refractivity contribution in [3.05, 3.63) is 64.0 Å². The molecule has 0 saturated carbocycles. The van der Waals surface area contributed by atoms with E-state index in [9.17, 15) is 14.9 Å². The van der Waals surface area contributed by atoms with Crippen LogP contribution in [0.5, 0.6) is 0 Å². The van der Waals surface area contributed by atoms with Crippen LogP contribution in [0.15, 0.2) is 47.5 Å². The van der Waals surface area contributed by atoms with Gasteiger partial charge >= 0.3 is 0 Å². The van der Waals surface area contributed by atoms with Crippen LogP contribution in [0.3, 0.4) is 0 Å². The van der Waals surface area contributed by atoms with Gasteiger partial charge in [-0.2, -0.15) is 0 Å². The third-order valence-corrected chi connectivity index (χ3v) is 4.95. The molecular weight excluding hydrogens is 350 g/mol. The summed E-state index contributed by atoms with van der Waals surface area (Å²) in [4.78, 5) is 28.2. The topological polar surface area (TPSA) is 85.1 Å². The fourth-order valence-electron chi connectivity index (χ4n) is 2.31. The average Bonchev–Trinajstić information content (AvgIpc) is 2.62. The normalized spacial score (nSPS) is 12.0. The van der Waals surface area contributed by atoms with Crippen LogP contribution in [0.4, 0.5) is 5.69 Å². The molecule has 0 saturated heterocycles. The van der Waals surface area contributed by atoms with Gasteiger partial charge in [-0.05, 0) is 49.3 Å². The third kappa shape index (κ3) is 5.56. The number of hydrogen-bond donors (Lipinski definition) is 1. The minimum absolute atomic E-state index is 0.0307. The number of pyridine rings is 1. The fourth-order valence-corrected chi connectivity index (χ4v) is 3.57. The van der Waals surface area contributed by atoms with Gasteiger partial charge in [0.2, 0.25) is 0 Å². The van der Waals surface area contributed by atoms with Gasteiger partial charge in [0.25, 0.3) is 11.6 Å². The number of carbonyl (C=O) groups excluding carboxylic acids is 1. The molecule has 1 aromatic heterocycles. The van der Waals surface area contributed by atoms with E-state index < -0.39 is 4.92 Å². The van der Waals surface area contributed by atoms with Crippen molar-refractivity contribution in [2.24, 2.45) is 5.92 Å². The first kappa shape index (κ1) is 19.9. The fraction of sp³-hybridized carbons (Fsp3) is 0.368. The SMILES string of the molecule is CC(C)CCSc1ccc(C(=O)NC(C)c2ccccn2)cc1[N+](=O)[O-]. The predicted molar refractivity (Wildman–Crippen MR) is 103 cm³/mol. The molecule has 1 N–H and O–H groups in total. The highest BCUT2D eigenvalue weighted by Gasteiger charge is 2.19. The second-order valence-electron chi connectivity index (χ2n) is 6.42. The molecule has 0 aliphatic carbocycles. The van der Waals surface area contributed by atoms with Crippen molar-refractivity contribution in [2.75, 3.05) is 5.75 Å². The Labute approximate surface area is 157 Å². The molecule has 2 rings (SSSR count). The first-order valence-electron chi connectivity index (χ1n) is 8.51. The average molecular weight is 373 g/mol. The Hall–Kier alpha value is -2.41. The van der Waals surface area contributed by atoms with Crippen molar-refractivity contribution < 1.29 is 9.72 Å². The first-order chi connectivity index (χ1) is 12.4. The van der Waals surface area contributed by atoms with Crippen molar-refractivity contribution in [3.8, 4) is 0 Å². The molecule has 1 aromatic carbocycles. The van der Waals surface area contributed by atoms with Crippen LogP contribution < -0.4 is 5.32 Å². The van der Waals surface area contributed by atoms with Crippen LogP contribution in [-0.2, 0) is 0 Å². The Morgan fingerprint density at radius 3 is 2.65 bits per heavy atom. The standard InChI is InChI=1S/C19H23N3O3S/c1-13(2)9-11-26-18-8-7-15(12-17(18)22(24)25)19(23)21-14(3)16-6-4-5-10-20-16/h4-8,10,12-14H,9,11H2,1-3H3,(H,21,23). The summed E-state index contributed by atoms with van der Waals surface area (Å²) in [6.45, 7) is 6.06. The molecule has 0 aliphatic rings. The smallest absolute Gasteiger partial charge is 0.283 e. The highest BCUT2D eigenvalue weighted by atomic mass is 32.2. The molecule has 0 bridgehead atoms. The number of nitrogens with one attached hydrogen (secondary N) is 1. The van der Waals surface area contributed by atoms with Crippen molar-refractivity contribution in [1.82, 2.24) is 10.3 Å². The summed E-state index contributed by atoms with van der Waals surface area (Å²) < 4.78 is 0. The van der Waals surface area contributed by atoms with E-state index in [2.05, 4.69) is 24.1 Å². The van der Waals surface area contributed by atoms with Gasteiger partial charge in [-0.15, -0.1) is 11.8 Å².